The summed E-state index contributed by atoms with van der Waals surface area (Å²) in [5, 5.41) is 25.0. The van der Waals surface area contributed by atoms with Gasteiger partial charge in [0.05, 0.1) is 18.7 Å². The van der Waals surface area contributed by atoms with Crippen molar-refractivity contribution in [1.29, 1.82) is 0 Å². The topological polar surface area (TPSA) is 119 Å². The van der Waals surface area contributed by atoms with E-state index in [0.717, 1.165) is 36.5 Å². The van der Waals surface area contributed by atoms with Crippen molar-refractivity contribution in [2.24, 2.45) is 7.05 Å². The lowest BCUT2D eigenvalue weighted by Gasteiger charge is -2.25. The molecule has 0 amide bonds. The lowest BCUT2D eigenvalue weighted by atomic mass is 9.82. The zero-order chi connectivity index (χ0) is 34.3. The Kier molecular flexibility index (Phi) is 12.0. The number of nitrogens with one attached hydrogen (secondary N) is 1. The Hall–Kier alpha value is -3.94. The molecule has 0 saturated heterocycles. The van der Waals surface area contributed by atoms with Crippen LogP contribution in [0.15, 0.2) is 36.4 Å². The molecule has 0 radical (unpaired) electrons. The summed E-state index contributed by atoms with van der Waals surface area (Å²) in [5.41, 5.74) is 3.18. The smallest absolute Gasteiger partial charge is 0.481 e. The normalized spacial score (nSPS) is 14.0. The van der Waals surface area contributed by atoms with Crippen LogP contribution in [0.25, 0.3) is 0 Å². The lowest BCUT2D eigenvalue weighted by molar-refractivity contribution is -0.275. The van der Waals surface area contributed by atoms with Gasteiger partial charge in [-0.2, -0.15) is 5.10 Å². The van der Waals surface area contributed by atoms with Gasteiger partial charge >= 0.3 is 12.3 Å². The Bertz CT molecular complexity index is 1460. The first-order chi connectivity index (χ1) is 21.3. The minimum Gasteiger partial charge on any atom is -0.481 e. The number of halogens is 5. The predicted molar refractivity (Wildman–Crippen MR) is 162 cm³/mol. The number of nitrogens with zero attached hydrogens (tertiary/aromatic N) is 3. The second kappa shape index (κ2) is 15.1. The SMILES string of the molecule is CC(F)(F)CO.Cn1nc(CC(CC(=O)O)c2cc(C(C)(C)C)ccc2OC(F)(F)F)cc1OCCc1ccc2c(n1)NCCC2. The van der Waals surface area contributed by atoms with Gasteiger partial charge in [0.15, 0.2) is 0 Å². The minimum atomic E-state index is -4.92. The molecule has 3 N–H and O–H groups in total. The molecule has 1 atom stereocenters. The third-order valence-corrected chi connectivity index (χ3v) is 7.14. The average molecular weight is 657 g/mol. The Morgan fingerprint density at radius 1 is 1.07 bits per heavy atom. The van der Waals surface area contributed by atoms with E-state index in [-0.39, 0.29) is 17.4 Å². The fraction of sp³-hybridized carbons (Fsp3) is 0.531. The molecule has 9 nitrogen and oxygen atoms in total. The van der Waals surface area contributed by atoms with Gasteiger partial charge in [-0.05, 0) is 53.5 Å². The average Bonchev–Trinajstić information content (AvgIpc) is 3.29. The van der Waals surface area contributed by atoms with Gasteiger partial charge in [0.25, 0.3) is 5.92 Å². The molecular formula is C32H41F5N4O5. The second-order valence-electron chi connectivity index (χ2n) is 12.3. The van der Waals surface area contributed by atoms with E-state index in [1.807, 2.05) is 26.8 Å². The van der Waals surface area contributed by atoms with E-state index in [1.165, 1.54) is 16.3 Å². The van der Waals surface area contributed by atoms with Crippen LogP contribution in [0.3, 0.4) is 0 Å². The van der Waals surface area contributed by atoms with Crippen molar-refractivity contribution in [1.82, 2.24) is 14.8 Å². The maximum atomic E-state index is 13.2. The minimum absolute atomic E-state index is 0.0867. The summed E-state index contributed by atoms with van der Waals surface area (Å²) >= 11 is 0. The number of aliphatic hydroxyl groups excluding tert-OH is 1. The van der Waals surface area contributed by atoms with Crippen molar-refractivity contribution < 1.29 is 46.4 Å². The van der Waals surface area contributed by atoms with Gasteiger partial charge < -0.3 is 25.0 Å². The number of aliphatic carboxylic acids is 1. The number of benzene rings is 1. The van der Waals surface area contributed by atoms with E-state index < -0.39 is 42.9 Å². The van der Waals surface area contributed by atoms with E-state index in [9.17, 15) is 31.9 Å². The fourth-order valence-electron chi connectivity index (χ4n) is 4.82. The summed E-state index contributed by atoms with van der Waals surface area (Å²) in [5.74, 6) is -3.88. The summed E-state index contributed by atoms with van der Waals surface area (Å²) in [4.78, 5) is 16.4. The Balaban J connectivity index is 0.000000875. The Morgan fingerprint density at radius 2 is 1.76 bits per heavy atom. The molecule has 4 rings (SSSR count). The number of carbonyl (C=O) groups is 1. The van der Waals surface area contributed by atoms with Gasteiger partial charge in [-0.1, -0.05) is 39.0 Å². The number of aryl methyl sites for hydroxylation is 2. The summed E-state index contributed by atoms with van der Waals surface area (Å²) in [6, 6.07) is 10.2. The number of aromatic nitrogens is 3. The van der Waals surface area contributed by atoms with Crippen molar-refractivity contribution in [3.8, 4) is 11.6 Å². The van der Waals surface area contributed by atoms with Crippen molar-refractivity contribution in [2.45, 2.75) is 83.4 Å². The van der Waals surface area contributed by atoms with Crippen molar-refractivity contribution >= 4 is 11.8 Å². The van der Waals surface area contributed by atoms with Gasteiger partial charge in [0.1, 0.15) is 18.2 Å². The molecule has 3 heterocycles. The first-order valence-corrected chi connectivity index (χ1v) is 14.8. The van der Waals surface area contributed by atoms with Crippen molar-refractivity contribution in [3.05, 3.63) is 64.5 Å². The molecule has 46 heavy (non-hydrogen) atoms. The molecule has 1 aromatic carbocycles. The maximum Gasteiger partial charge on any atom is 0.573 e. The zero-order valence-corrected chi connectivity index (χ0v) is 26.5. The van der Waals surface area contributed by atoms with Crippen LogP contribution in [-0.4, -0.2) is 63.0 Å². The number of pyridine rings is 1. The highest BCUT2D eigenvalue weighted by atomic mass is 19.4. The molecule has 3 aromatic rings. The van der Waals surface area contributed by atoms with Crippen LogP contribution in [-0.2, 0) is 36.5 Å². The summed E-state index contributed by atoms with van der Waals surface area (Å²) < 4.78 is 73.8. The molecule has 0 fully saturated rings. The van der Waals surface area contributed by atoms with Gasteiger partial charge in [0, 0.05) is 44.6 Å². The maximum absolute atomic E-state index is 13.2. The zero-order valence-electron chi connectivity index (χ0n) is 26.5. The molecule has 0 saturated carbocycles. The number of carboxylic acid groups (broad SMARTS) is 1. The summed E-state index contributed by atoms with van der Waals surface area (Å²) in [6.45, 7) is 6.65. The van der Waals surface area contributed by atoms with Crippen LogP contribution in [0.1, 0.15) is 74.5 Å². The number of ether oxygens (including phenoxy) is 2. The van der Waals surface area contributed by atoms with Gasteiger partial charge in [0.2, 0.25) is 5.88 Å². The highest BCUT2D eigenvalue weighted by Gasteiger charge is 2.34. The van der Waals surface area contributed by atoms with E-state index in [0.29, 0.717) is 31.5 Å². The van der Waals surface area contributed by atoms with Crippen LogP contribution < -0.4 is 14.8 Å². The highest BCUT2D eigenvalue weighted by molar-refractivity contribution is 5.68. The number of carboxylic acids is 1. The van der Waals surface area contributed by atoms with E-state index in [1.54, 1.807) is 25.2 Å². The first-order valence-electron chi connectivity index (χ1n) is 14.8. The first kappa shape index (κ1) is 36.5. The molecule has 1 aliphatic rings. The molecule has 254 valence electrons. The molecule has 1 aliphatic heterocycles. The Labute approximate surface area is 264 Å². The van der Waals surface area contributed by atoms with E-state index in [2.05, 4.69) is 26.2 Å². The molecule has 0 aliphatic carbocycles. The van der Waals surface area contributed by atoms with Crippen LogP contribution in [0.5, 0.6) is 11.6 Å². The molecule has 0 spiro atoms. The molecule has 14 heteroatoms. The molecule has 0 bridgehead atoms. The van der Waals surface area contributed by atoms with Gasteiger partial charge in [-0.3, -0.25) is 4.79 Å². The van der Waals surface area contributed by atoms with Crippen molar-refractivity contribution in [3.63, 3.8) is 0 Å². The van der Waals surface area contributed by atoms with Crippen LogP contribution in [0.2, 0.25) is 0 Å². The quantitative estimate of drug-likeness (QED) is 0.202. The third-order valence-electron chi connectivity index (χ3n) is 7.14. The van der Waals surface area contributed by atoms with Crippen molar-refractivity contribution in [2.75, 3.05) is 25.1 Å². The van der Waals surface area contributed by atoms with Crippen LogP contribution in [0, 0.1) is 0 Å². The highest BCUT2D eigenvalue weighted by Crippen LogP contribution is 2.38. The number of aliphatic hydroxyl groups is 1. The van der Waals surface area contributed by atoms with Gasteiger partial charge in [-0.25, -0.2) is 18.4 Å². The number of rotatable bonds is 11. The van der Waals surface area contributed by atoms with Crippen LogP contribution >= 0.6 is 0 Å². The monoisotopic (exact) mass is 656 g/mol. The van der Waals surface area contributed by atoms with E-state index >= 15 is 0 Å². The number of hydrogen-bond acceptors (Lipinski definition) is 7. The molecular weight excluding hydrogens is 615 g/mol. The number of hydrogen-bond donors (Lipinski definition) is 3. The standard InChI is InChI=1S/C29H35F3N4O4.C3H6F2O/c1-28(2,3)20-8-10-24(40-29(30,31)32)23(16-20)19(15-26(37)38)14-22-17-25(36(4)35-22)39-13-11-21-9-7-18-6-5-12-33-27(18)34-21;1-3(4,5)2-6/h7-10,16-17,19H,5-6,11-15H2,1-4H3,(H,33,34)(H,37,38);6H,2H2,1H3. The molecule has 2 aromatic heterocycles. The second-order valence-corrected chi connectivity index (χ2v) is 12.3. The number of fused-ring (bicyclic) bond motifs is 1. The Morgan fingerprint density at radius 3 is 2.37 bits per heavy atom. The van der Waals surface area contributed by atoms with Crippen LogP contribution in [0.4, 0.5) is 27.8 Å². The lowest BCUT2D eigenvalue weighted by Crippen LogP contribution is -2.21. The summed E-state index contributed by atoms with van der Waals surface area (Å²) in [7, 11) is 1.70. The number of alkyl halides is 5. The number of anilines is 1. The predicted octanol–water partition coefficient (Wildman–Crippen LogP) is 6.43. The van der Waals surface area contributed by atoms with Gasteiger partial charge in [-0.15, -0.1) is 13.2 Å². The molecule has 1 unspecified atom stereocenters. The van der Waals surface area contributed by atoms with E-state index in [4.69, 9.17) is 9.84 Å². The fourth-order valence-corrected chi connectivity index (χ4v) is 4.82. The summed E-state index contributed by atoms with van der Waals surface area (Å²) in [6.07, 6.45) is -2.55. The third kappa shape index (κ3) is 11.5. The largest absolute Gasteiger partial charge is 0.573 e.